The van der Waals surface area contributed by atoms with Crippen molar-refractivity contribution in [3.8, 4) is 11.1 Å². The van der Waals surface area contributed by atoms with Gasteiger partial charge in [0.25, 0.3) is 0 Å². The van der Waals surface area contributed by atoms with E-state index in [0.29, 0.717) is 34.9 Å². The van der Waals surface area contributed by atoms with E-state index in [1.165, 1.54) is 10.6 Å². The summed E-state index contributed by atoms with van der Waals surface area (Å²) in [6.45, 7) is 0.831. The van der Waals surface area contributed by atoms with Crippen LogP contribution in [0.4, 0.5) is 24.8 Å². The summed E-state index contributed by atoms with van der Waals surface area (Å²) in [5.41, 5.74) is 2.35. The van der Waals surface area contributed by atoms with Gasteiger partial charge in [0.15, 0.2) is 17.3 Å². The molecule has 0 amide bonds. The van der Waals surface area contributed by atoms with Gasteiger partial charge in [0.2, 0.25) is 5.95 Å². The van der Waals surface area contributed by atoms with Gasteiger partial charge in [0, 0.05) is 30.2 Å². The summed E-state index contributed by atoms with van der Waals surface area (Å²) < 4.78 is 43.5. The fourth-order valence-corrected chi connectivity index (χ4v) is 4.08. The molecule has 32 heavy (non-hydrogen) atoms. The number of halogens is 4. The van der Waals surface area contributed by atoms with Crippen LogP contribution in [0.2, 0.25) is 5.15 Å². The number of nitrogens with zero attached hydrogens (tertiary/aromatic N) is 5. The highest BCUT2D eigenvalue weighted by Crippen LogP contribution is 2.27. The quantitative estimate of drug-likeness (QED) is 0.447. The maximum atomic E-state index is 15.0. The molecule has 0 bridgehead atoms. The Morgan fingerprint density at radius 2 is 1.97 bits per heavy atom. The van der Waals surface area contributed by atoms with Crippen LogP contribution in [0.3, 0.4) is 0 Å². The van der Waals surface area contributed by atoms with Crippen molar-refractivity contribution < 1.29 is 13.2 Å². The van der Waals surface area contributed by atoms with Gasteiger partial charge in [-0.25, -0.2) is 22.7 Å². The number of rotatable bonds is 4. The average molecular weight is 459 g/mol. The maximum absolute atomic E-state index is 15.0. The van der Waals surface area contributed by atoms with Gasteiger partial charge in [-0.1, -0.05) is 17.7 Å². The molecule has 0 spiro atoms. The summed E-state index contributed by atoms with van der Waals surface area (Å²) in [6, 6.07) is 10.2. The minimum atomic E-state index is -1.16. The van der Waals surface area contributed by atoms with Crippen molar-refractivity contribution in [3.63, 3.8) is 0 Å². The molecule has 6 nitrogen and oxygen atoms in total. The molecule has 1 fully saturated rings. The van der Waals surface area contributed by atoms with Gasteiger partial charge in [0.05, 0.1) is 12.6 Å². The minimum Gasteiger partial charge on any atom is -0.368 e. The van der Waals surface area contributed by atoms with Gasteiger partial charge in [-0.2, -0.15) is 4.98 Å². The normalized spacial score (nSPS) is 18.8. The number of anilines is 2. The molecule has 2 atom stereocenters. The van der Waals surface area contributed by atoms with Crippen molar-refractivity contribution in [2.75, 3.05) is 23.3 Å². The van der Waals surface area contributed by atoms with E-state index in [1.807, 2.05) is 4.90 Å². The van der Waals surface area contributed by atoms with Crippen LogP contribution in [-0.2, 0) is 0 Å². The van der Waals surface area contributed by atoms with Crippen molar-refractivity contribution in [2.24, 2.45) is 0 Å². The summed E-state index contributed by atoms with van der Waals surface area (Å²) >= 11 is 5.95. The lowest BCUT2D eigenvalue weighted by Crippen LogP contribution is -2.48. The zero-order valence-corrected chi connectivity index (χ0v) is 17.5. The number of fused-ring (bicyclic) bond motifs is 1. The van der Waals surface area contributed by atoms with Crippen LogP contribution in [0, 0.1) is 11.6 Å². The van der Waals surface area contributed by atoms with Crippen LogP contribution in [0.1, 0.15) is 6.42 Å². The molecular formula is C22H18ClF3N6. The molecule has 1 N–H and O–H groups in total. The summed E-state index contributed by atoms with van der Waals surface area (Å²) in [7, 11) is 0. The van der Waals surface area contributed by atoms with Crippen molar-refractivity contribution in [1.82, 2.24) is 19.6 Å². The molecule has 5 rings (SSSR count). The van der Waals surface area contributed by atoms with E-state index in [-0.39, 0.29) is 12.5 Å². The largest absolute Gasteiger partial charge is 0.368 e. The monoisotopic (exact) mass is 458 g/mol. The summed E-state index contributed by atoms with van der Waals surface area (Å²) in [5, 5.41) is 7.83. The summed E-state index contributed by atoms with van der Waals surface area (Å²) in [4.78, 5) is 10.4. The van der Waals surface area contributed by atoms with E-state index >= 15 is 0 Å². The molecule has 0 radical (unpaired) electrons. The highest BCUT2D eigenvalue weighted by atomic mass is 35.5. The Kier molecular flexibility index (Phi) is 5.34. The Hall–Kier alpha value is -3.33. The second kappa shape index (κ2) is 8.31. The summed E-state index contributed by atoms with van der Waals surface area (Å²) in [6.07, 6.45) is 2.67. The zero-order valence-electron chi connectivity index (χ0n) is 16.7. The van der Waals surface area contributed by atoms with E-state index in [2.05, 4.69) is 20.4 Å². The Bertz CT molecular complexity index is 1280. The molecule has 1 aliphatic heterocycles. The zero-order chi connectivity index (χ0) is 22.2. The maximum Gasteiger partial charge on any atom is 0.243 e. The third kappa shape index (κ3) is 3.95. The molecule has 0 unspecified atom stereocenters. The minimum absolute atomic E-state index is 0.200. The lowest BCUT2D eigenvalue weighted by Gasteiger charge is -2.36. The number of aromatic nitrogens is 4. The molecule has 4 aromatic rings. The first-order chi connectivity index (χ1) is 15.5. The predicted octanol–water partition coefficient (Wildman–Crippen LogP) is 4.75. The number of piperidine rings is 1. The number of pyridine rings is 2. The second-order valence-electron chi connectivity index (χ2n) is 7.59. The fourth-order valence-electron chi connectivity index (χ4n) is 3.91. The smallest absolute Gasteiger partial charge is 0.243 e. The number of alkyl halides is 1. The van der Waals surface area contributed by atoms with Gasteiger partial charge in [-0.3, -0.25) is 0 Å². The first kappa shape index (κ1) is 20.6. The van der Waals surface area contributed by atoms with Crippen LogP contribution in [-0.4, -0.2) is 44.9 Å². The average Bonchev–Trinajstić information content (AvgIpc) is 3.20. The molecule has 0 saturated carbocycles. The van der Waals surface area contributed by atoms with E-state index in [4.69, 9.17) is 11.6 Å². The molecule has 4 heterocycles. The van der Waals surface area contributed by atoms with Crippen LogP contribution >= 0.6 is 11.6 Å². The highest BCUT2D eigenvalue weighted by molar-refractivity contribution is 6.29. The lowest BCUT2D eigenvalue weighted by molar-refractivity contribution is 0.263. The third-order valence-electron chi connectivity index (χ3n) is 5.52. The van der Waals surface area contributed by atoms with Crippen LogP contribution in [0.5, 0.6) is 0 Å². The Balaban J connectivity index is 1.35. The molecule has 164 valence electrons. The SMILES string of the molecule is Fc1ccc(-c2cccn3nc(N[C@@H]4CCN(c5ccnc(Cl)c5)C[C@@H]4F)nc23)cc1F. The first-order valence-corrected chi connectivity index (χ1v) is 10.4. The van der Waals surface area contributed by atoms with Crippen LogP contribution in [0.15, 0.2) is 54.9 Å². The molecule has 10 heteroatoms. The van der Waals surface area contributed by atoms with Gasteiger partial charge in [0.1, 0.15) is 11.3 Å². The summed E-state index contributed by atoms with van der Waals surface area (Å²) in [5.74, 6) is -1.59. The number of hydrogen-bond acceptors (Lipinski definition) is 5. The lowest BCUT2D eigenvalue weighted by atomic mass is 10.0. The van der Waals surface area contributed by atoms with Crippen molar-refractivity contribution in [3.05, 3.63) is 71.6 Å². The van der Waals surface area contributed by atoms with Crippen molar-refractivity contribution >= 4 is 28.9 Å². The second-order valence-corrected chi connectivity index (χ2v) is 7.98. The predicted molar refractivity (Wildman–Crippen MR) is 117 cm³/mol. The van der Waals surface area contributed by atoms with E-state index < -0.39 is 23.8 Å². The molecule has 3 aromatic heterocycles. The van der Waals surface area contributed by atoms with Gasteiger partial charge in [-0.05, 0) is 48.4 Å². The van der Waals surface area contributed by atoms with Crippen molar-refractivity contribution in [2.45, 2.75) is 18.6 Å². The van der Waals surface area contributed by atoms with Gasteiger partial charge < -0.3 is 10.2 Å². The van der Waals surface area contributed by atoms with Gasteiger partial charge in [-0.15, -0.1) is 5.10 Å². The van der Waals surface area contributed by atoms with Crippen LogP contribution in [0.25, 0.3) is 16.8 Å². The number of benzene rings is 1. The Labute approximate surface area is 186 Å². The van der Waals surface area contributed by atoms with E-state index in [0.717, 1.165) is 17.8 Å². The molecule has 1 saturated heterocycles. The highest BCUT2D eigenvalue weighted by Gasteiger charge is 2.30. The topological polar surface area (TPSA) is 58.4 Å². The van der Waals surface area contributed by atoms with E-state index in [1.54, 1.807) is 36.7 Å². The Morgan fingerprint density at radius 3 is 2.75 bits per heavy atom. The molecule has 1 aromatic carbocycles. The molecule has 1 aliphatic rings. The molecular weight excluding hydrogens is 441 g/mol. The fraction of sp³-hybridized carbons (Fsp3) is 0.227. The Morgan fingerprint density at radius 1 is 1.09 bits per heavy atom. The number of nitrogens with one attached hydrogen (secondary N) is 1. The van der Waals surface area contributed by atoms with E-state index in [9.17, 15) is 13.2 Å². The number of hydrogen-bond donors (Lipinski definition) is 1. The van der Waals surface area contributed by atoms with Crippen molar-refractivity contribution in [1.29, 1.82) is 0 Å². The first-order valence-electron chi connectivity index (χ1n) is 10.1. The van der Waals surface area contributed by atoms with Crippen LogP contribution < -0.4 is 10.2 Å². The standard InChI is InChI=1S/C22H18ClF3N6/c23-20-11-14(5-7-27-20)31-9-6-19(18(26)12-31)28-22-29-21-15(2-1-8-32(21)30-22)13-3-4-16(24)17(25)10-13/h1-5,7-8,10-11,18-19H,6,9,12H2,(H,28,30)/t18-,19+/m0/s1. The molecule has 0 aliphatic carbocycles. The third-order valence-corrected chi connectivity index (χ3v) is 5.73. The van der Waals surface area contributed by atoms with Gasteiger partial charge >= 0.3 is 0 Å².